The van der Waals surface area contributed by atoms with E-state index < -0.39 is 0 Å². The summed E-state index contributed by atoms with van der Waals surface area (Å²) in [6, 6.07) is 24.3. The molecule has 0 spiro atoms. The summed E-state index contributed by atoms with van der Waals surface area (Å²) in [4.78, 5) is 35.4. The van der Waals surface area contributed by atoms with Gasteiger partial charge in [0.25, 0.3) is 0 Å². The third-order valence-electron chi connectivity index (χ3n) is 15.2. The van der Waals surface area contributed by atoms with Gasteiger partial charge in [-0.1, -0.05) is 133 Å². The Labute approximate surface area is 366 Å². The zero-order chi connectivity index (χ0) is 43.7. The second-order valence-corrected chi connectivity index (χ2v) is 19.3. The first-order chi connectivity index (χ1) is 29.2. The SMILES string of the molecule is C=CC(=O)COc1ccc(-c2ccc(C(=O)OC(C)c3ccccc3)cc2)cc1.C=CC(=O)OC1CC[C@@]2(C)C(=CCC3C4CCC(C(C)CCCC(C)C)[C@@]4(C)CCC32)C1. The number of benzene rings is 3. The summed E-state index contributed by atoms with van der Waals surface area (Å²) in [5.41, 5.74) is 5.86. The lowest BCUT2D eigenvalue weighted by Gasteiger charge is -2.58. The van der Waals surface area contributed by atoms with E-state index in [2.05, 4.69) is 53.9 Å². The van der Waals surface area contributed by atoms with Gasteiger partial charge in [-0.05, 0) is 145 Å². The van der Waals surface area contributed by atoms with Crippen LogP contribution in [0.2, 0.25) is 0 Å². The largest absolute Gasteiger partial charge is 0.485 e. The molecule has 0 aliphatic heterocycles. The first-order valence-corrected chi connectivity index (χ1v) is 23.0. The van der Waals surface area contributed by atoms with E-state index in [-0.39, 0.29) is 36.5 Å². The molecule has 3 fully saturated rings. The molecule has 0 N–H and O–H groups in total. The zero-order valence-corrected chi connectivity index (χ0v) is 37.7. The minimum absolute atomic E-state index is 0.0267. The standard InChI is InChI=1S/C30H48O2.C25H22O4/c1-7-28(31)32-23-15-17-29(5)22(19-23)11-12-24-26-14-13-25(21(4)10-8-9-20(2)3)30(26,6)18-16-27(24)29;1-3-23(26)17-28-24-15-13-21(14-16-24)20-9-11-22(12-10-20)25(27)29-18(2)19-7-5-4-6-8-19/h7,11,20-21,23-27H,1,8-10,12-19H2,2-6H3;3-16,18H,1,17H2,2H3/t21?,23?,24?,25?,26?,27?,29-,30+;/m0./s1. The third-order valence-corrected chi connectivity index (χ3v) is 15.2. The van der Waals surface area contributed by atoms with Crippen molar-refractivity contribution in [3.05, 3.63) is 127 Å². The second-order valence-electron chi connectivity index (χ2n) is 19.3. The molecule has 0 radical (unpaired) electrons. The van der Waals surface area contributed by atoms with Gasteiger partial charge in [0.1, 0.15) is 18.0 Å². The highest BCUT2D eigenvalue weighted by molar-refractivity contribution is 5.91. The molecule has 6 nitrogen and oxygen atoms in total. The van der Waals surface area contributed by atoms with Crippen LogP contribution in [0.5, 0.6) is 5.75 Å². The molecule has 0 bridgehead atoms. The summed E-state index contributed by atoms with van der Waals surface area (Å²) >= 11 is 0. The van der Waals surface area contributed by atoms with Gasteiger partial charge < -0.3 is 14.2 Å². The lowest BCUT2D eigenvalue weighted by atomic mass is 9.47. The van der Waals surface area contributed by atoms with Crippen molar-refractivity contribution in [2.24, 2.45) is 46.3 Å². The van der Waals surface area contributed by atoms with Gasteiger partial charge in [0.05, 0.1) is 5.56 Å². The van der Waals surface area contributed by atoms with Crippen LogP contribution < -0.4 is 4.74 Å². The fourth-order valence-electron chi connectivity index (χ4n) is 11.7. The fraction of sp³-hybridized carbons (Fsp3) is 0.509. The molecule has 7 unspecified atom stereocenters. The minimum Gasteiger partial charge on any atom is -0.485 e. The Bertz CT molecular complexity index is 2000. The van der Waals surface area contributed by atoms with E-state index in [1.165, 1.54) is 69.9 Å². The van der Waals surface area contributed by atoms with Crippen molar-refractivity contribution in [3.63, 3.8) is 0 Å². The highest BCUT2D eigenvalue weighted by atomic mass is 16.5. The van der Waals surface area contributed by atoms with Crippen LogP contribution in [-0.4, -0.2) is 30.4 Å². The van der Waals surface area contributed by atoms with Gasteiger partial charge in [0, 0.05) is 12.5 Å². The van der Waals surface area contributed by atoms with Gasteiger partial charge >= 0.3 is 11.9 Å². The Morgan fingerprint density at radius 3 is 2.13 bits per heavy atom. The van der Waals surface area contributed by atoms with E-state index in [0.717, 1.165) is 65.0 Å². The maximum atomic E-state index is 12.4. The number of ketones is 1. The topological polar surface area (TPSA) is 78.9 Å². The molecule has 9 atom stereocenters. The summed E-state index contributed by atoms with van der Waals surface area (Å²) in [7, 11) is 0. The second kappa shape index (κ2) is 20.4. The summed E-state index contributed by atoms with van der Waals surface area (Å²) in [6.07, 6.45) is 19.2. The van der Waals surface area contributed by atoms with Gasteiger partial charge in [0.15, 0.2) is 12.4 Å². The predicted molar refractivity (Wildman–Crippen MR) is 246 cm³/mol. The number of fused-ring (bicyclic) bond motifs is 5. The quantitative estimate of drug-likeness (QED) is 0.0863. The average Bonchev–Trinajstić information content (AvgIpc) is 3.63. The number of allylic oxidation sites excluding steroid dienone is 1. The molecule has 3 saturated carbocycles. The van der Waals surface area contributed by atoms with Crippen LogP contribution in [0, 0.1) is 46.3 Å². The Hall–Kier alpha value is -4.71. The van der Waals surface area contributed by atoms with Crippen molar-refractivity contribution in [2.45, 2.75) is 124 Å². The highest BCUT2D eigenvalue weighted by Crippen LogP contribution is 2.67. The van der Waals surface area contributed by atoms with Gasteiger partial charge in [0.2, 0.25) is 0 Å². The van der Waals surface area contributed by atoms with E-state index in [1.54, 1.807) is 29.8 Å². The van der Waals surface area contributed by atoms with Crippen LogP contribution in [0.25, 0.3) is 11.1 Å². The molecule has 6 heteroatoms. The maximum Gasteiger partial charge on any atom is 0.338 e. The van der Waals surface area contributed by atoms with Crippen molar-refractivity contribution in [2.75, 3.05) is 6.61 Å². The van der Waals surface area contributed by atoms with Crippen molar-refractivity contribution in [1.82, 2.24) is 0 Å². The maximum absolute atomic E-state index is 12.4. The van der Waals surface area contributed by atoms with Gasteiger partial charge in [-0.2, -0.15) is 0 Å². The van der Waals surface area contributed by atoms with Crippen LogP contribution in [0.4, 0.5) is 0 Å². The zero-order valence-electron chi connectivity index (χ0n) is 37.7. The van der Waals surface area contributed by atoms with Crippen molar-refractivity contribution in [3.8, 4) is 16.9 Å². The highest BCUT2D eigenvalue weighted by Gasteiger charge is 2.59. The summed E-state index contributed by atoms with van der Waals surface area (Å²) in [6.45, 7) is 21.3. The minimum atomic E-state index is -0.358. The molecule has 4 aliphatic rings. The Morgan fingerprint density at radius 1 is 0.787 bits per heavy atom. The van der Waals surface area contributed by atoms with E-state index in [1.807, 2.05) is 61.5 Å². The van der Waals surface area contributed by atoms with E-state index >= 15 is 0 Å². The Morgan fingerprint density at radius 2 is 1.48 bits per heavy atom. The van der Waals surface area contributed by atoms with E-state index in [9.17, 15) is 14.4 Å². The number of hydrogen-bond donors (Lipinski definition) is 0. The third kappa shape index (κ3) is 10.9. The monoisotopic (exact) mass is 827 g/mol. The van der Waals surface area contributed by atoms with Crippen LogP contribution in [0.15, 0.2) is 116 Å². The van der Waals surface area contributed by atoms with Crippen LogP contribution in [-0.2, 0) is 19.1 Å². The fourth-order valence-corrected chi connectivity index (χ4v) is 11.7. The number of carbonyl (C=O) groups excluding carboxylic acids is 3. The van der Waals surface area contributed by atoms with Gasteiger partial charge in [-0.25, -0.2) is 9.59 Å². The molecular weight excluding hydrogens is 757 g/mol. The van der Waals surface area contributed by atoms with Crippen LogP contribution >= 0.6 is 0 Å². The first-order valence-electron chi connectivity index (χ1n) is 23.0. The predicted octanol–water partition coefficient (Wildman–Crippen LogP) is 13.5. The van der Waals surface area contributed by atoms with Gasteiger partial charge in [-0.15, -0.1) is 0 Å². The lowest BCUT2D eigenvalue weighted by Crippen LogP contribution is -2.51. The number of esters is 2. The molecule has 326 valence electrons. The average molecular weight is 827 g/mol. The van der Waals surface area contributed by atoms with E-state index in [4.69, 9.17) is 14.2 Å². The normalized spacial score (nSPS) is 27.3. The molecule has 3 aromatic rings. The summed E-state index contributed by atoms with van der Waals surface area (Å²) in [5, 5.41) is 0. The van der Waals surface area contributed by atoms with Crippen molar-refractivity contribution >= 4 is 17.7 Å². The first kappa shape index (κ1) is 45.8. The molecular formula is C55H70O6. The Balaban J connectivity index is 0.000000205. The van der Waals surface area contributed by atoms with Crippen molar-refractivity contribution in [1.29, 1.82) is 0 Å². The van der Waals surface area contributed by atoms with Crippen LogP contribution in [0.3, 0.4) is 0 Å². The number of rotatable bonds is 15. The summed E-state index contributed by atoms with van der Waals surface area (Å²) in [5.74, 6) is 5.05. The molecule has 0 amide bonds. The lowest BCUT2D eigenvalue weighted by molar-refractivity contribution is -0.145. The molecule has 61 heavy (non-hydrogen) atoms. The molecule has 3 aromatic carbocycles. The molecule has 0 heterocycles. The molecule has 7 rings (SSSR count). The smallest absolute Gasteiger partial charge is 0.338 e. The number of carbonyl (C=O) groups is 3. The number of hydrogen-bond acceptors (Lipinski definition) is 6. The molecule has 0 aromatic heterocycles. The Kier molecular flexibility index (Phi) is 15.3. The molecule has 0 saturated heterocycles. The van der Waals surface area contributed by atoms with Crippen LogP contribution in [0.1, 0.15) is 134 Å². The van der Waals surface area contributed by atoms with Gasteiger partial charge in [-0.3, -0.25) is 4.79 Å². The van der Waals surface area contributed by atoms with E-state index in [0.29, 0.717) is 22.1 Å². The molecule has 4 aliphatic carbocycles. The summed E-state index contributed by atoms with van der Waals surface area (Å²) < 4.78 is 16.6. The number of ether oxygens (including phenoxy) is 3. The van der Waals surface area contributed by atoms with Crippen molar-refractivity contribution < 1.29 is 28.6 Å².